The van der Waals surface area contributed by atoms with E-state index >= 15 is 0 Å². The Morgan fingerprint density at radius 1 is 1.23 bits per heavy atom. The molecule has 0 saturated heterocycles. The van der Waals surface area contributed by atoms with Gasteiger partial charge in [-0.05, 0) is 11.8 Å². The Labute approximate surface area is 81.7 Å². The first-order valence-corrected chi connectivity index (χ1v) is 3.98. The minimum absolute atomic E-state index is 0.0466. The molecule has 6 heteroatoms. The summed E-state index contributed by atoms with van der Waals surface area (Å²) >= 11 is 5.58. The first kappa shape index (κ1) is 12.2. The fourth-order valence-corrected chi connectivity index (χ4v) is 0.780. The quantitative estimate of drug-likeness (QED) is 0.478. The van der Waals surface area contributed by atoms with Crippen LogP contribution in [0.4, 0.5) is 0 Å². The molecule has 0 unspecified atom stereocenters. The second-order valence-corrected chi connectivity index (χ2v) is 2.72. The lowest BCUT2D eigenvalue weighted by Gasteiger charge is -2.10. The van der Waals surface area contributed by atoms with Crippen LogP contribution in [-0.4, -0.2) is 43.7 Å². The van der Waals surface area contributed by atoms with E-state index in [1.165, 1.54) is 18.6 Å². The lowest BCUT2D eigenvalue weighted by atomic mass is 10.4. The minimum atomic E-state index is -0.445. The van der Waals surface area contributed by atoms with Gasteiger partial charge < -0.3 is 9.47 Å². The van der Waals surface area contributed by atoms with E-state index in [0.29, 0.717) is 0 Å². The second-order valence-electron chi connectivity index (χ2n) is 2.25. The molecule has 0 saturated carbocycles. The van der Waals surface area contributed by atoms with Crippen molar-refractivity contribution in [3.8, 4) is 0 Å². The van der Waals surface area contributed by atoms with Crippen molar-refractivity contribution in [3.63, 3.8) is 0 Å². The largest absolute Gasteiger partial charge is 0.469 e. The highest BCUT2D eigenvalue weighted by molar-refractivity contribution is 6.14. The fraction of sp³-hybridized carbons (Fsp3) is 0.714. The average molecular weight is 210 g/mol. The summed E-state index contributed by atoms with van der Waals surface area (Å²) in [6.45, 7) is 0.207. The highest BCUT2D eigenvalue weighted by Gasteiger charge is 2.10. The summed E-state index contributed by atoms with van der Waals surface area (Å²) in [5, 5.41) is 0. The summed E-state index contributed by atoms with van der Waals surface area (Å²) in [6, 6.07) is 0. The Morgan fingerprint density at radius 2 is 1.77 bits per heavy atom. The van der Waals surface area contributed by atoms with Gasteiger partial charge in [-0.3, -0.25) is 9.59 Å². The van der Waals surface area contributed by atoms with Gasteiger partial charge in [-0.25, -0.2) is 4.42 Å². The van der Waals surface area contributed by atoms with Crippen LogP contribution < -0.4 is 0 Å². The zero-order chi connectivity index (χ0) is 10.3. The SMILES string of the molecule is COC(=O)CCN(Cl)CC(=O)OC. The van der Waals surface area contributed by atoms with E-state index in [-0.39, 0.29) is 25.5 Å². The number of halogens is 1. The van der Waals surface area contributed by atoms with E-state index in [0.717, 1.165) is 0 Å². The summed E-state index contributed by atoms with van der Waals surface area (Å²) in [6.07, 6.45) is 0.150. The summed E-state index contributed by atoms with van der Waals surface area (Å²) in [5.41, 5.74) is 0. The van der Waals surface area contributed by atoms with Crippen molar-refractivity contribution in [1.29, 1.82) is 0 Å². The van der Waals surface area contributed by atoms with Crippen LogP contribution in [0.3, 0.4) is 0 Å². The molecule has 0 bridgehead atoms. The Bertz CT molecular complexity index is 185. The zero-order valence-corrected chi connectivity index (χ0v) is 8.34. The molecule has 76 valence electrons. The van der Waals surface area contributed by atoms with Crippen LogP contribution in [0.5, 0.6) is 0 Å². The molecule has 0 aliphatic carbocycles. The first-order chi connectivity index (χ1) is 6.10. The van der Waals surface area contributed by atoms with E-state index in [4.69, 9.17) is 11.8 Å². The number of carbonyl (C=O) groups is 2. The third-order valence-corrected chi connectivity index (χ3v) is 1.60. The van der Waals surface area contributed by atoms with Crippen molar-refractivity contribution in [2.45, 2.75) is 6.42 Å². The van der Waals surface area contributed by atoms with Crippen LogP contribution in [0, 0.1) is 0 Å². The van der Waals surface area contributed by atoms with Gasteiger partial charge in [0.1, 0.15) is 6.54 Å². The summed E-state index contributed by atoms with van der Waals surface area (Å²) in [4.78, 5) is 21.3. The molecule has 0 aliphatic heterocycles. The summed E-state index contributed by atoms with van der Waals surface area (Å²) in [5.74, 6) is -0.810. The van der Waals surface area contributed by atoms with Gasteiger partial charge in [-0.15, -0.1) is 0 Å². The molecule has 0 fully saturated rings. The highest BCUT2D eigenvalue weighted by Crippen LogP contribution is 1.97. The fourth-order valence-electron chi connectivity index (χ4n) is 0.598. The molecule has 0 aromatic heterocycles. The molecule has 0 atom stereocenters. The van der Waals surface area contributed by atoms with Crippen LogP contribution in [0.2, 0.25) is 0 Å². The molecule has 5 nitrogen and oxygen atoms in total. The Kier molecular flexibility index (Phi) is 6.26. The van der Waals surface area contributed by atoms with Crippen molar-refractivity contribution in [3.05, 3.63) is 0 Å². The van der Waals surface area contributed by atoms with Gasteiger partial charge in [0, 0.05) is 6.54 Å². The van der Waals surface area contributed by atoms with Crippen molar-refractivity contribution >= 4 is 23.7 Å². The monoisotopic (exact) mass is 209 g/mol. The second kappa shape index (κ2) is 6.68. The van der Waals surface area contributed by atoms with E-state index < -0.39 is 5.97 Å². The predicted molar refractivity (Wildman–Crippen MR) is 46.1 cm³/mol. The first-order valence-electron chi connectivity index (χ1n) is 3.64. The number of rotatable bonds is 5. The number of hydrogen-bond donors (Lipinski definition) is 0. The molecule has 0 aromatic rings. The molecule has 0 radical (unpaired) electrons. The van der Waals surface area contributed by atoms with E-state index in [1.807, 2.05) is 0 Å². The molecule has 0 amide bonds. The lowest BCUT2D eigenvalue weighted by Crippen LogP contribution is -2.24. The van der Waals surface area contributed by atoms with Crippen molar-refractivity contribution in [2.75, 3.05) is 27.3 Å². The molecule has 0 spiro atoms. The van der Waals surface area contributed by atoms with Gasteiger partial charge in [0.15, 0.2) is 0 Å². The van der Waals surface area contributed by atoms with Crippen LogP contribution >= 0.6 is 11.8 Å². The van der Waals surface area contributed by atoms with Gasteiger partial charge in [0.25, 0.3) is 0 Å². The highest BCUT2D eigenvalue weighted by atomic mass is 35.5. The maximum Gasteiger partial charge on any atom is 0.321 e. The summed E-state index contributed by atoms with van der Waals surface area (Å²) in [7, 11) is 2.56. The van der Waals surface area contributed by atoms with Crippen LogP contribution in [-0.2, 0) is 19.1 Å². The molecular weight excluding hydrogens is 198 g/mol. The number of nitrogens with zero attached hydrogens (tertiary/aromatic N) is 1. The smallest absolute Gasteiger partial charge is 0.321 e. The predicted octanol–water partition coefficient (Wildman–Crippen LogP) is 0.178. The van der Waals surface area contributed by atoms with Crippen LogP contribution in [0.25, 0.3) is 0 Å². The van der Waals surface area contributed by atoms with Crippen LogP contribution in [0.15, 0.2) is 0 Å². The number of esters is 2. The van der Waals surface area contributed by atoms with Crippen molar-refractivity contribution in [1.82, 2.24) is 4.42 Å². The molecule has 0 rings (SSSR count). The van der Waals surface area contributed by atoms with Gasteiger partial charge in [-0.2, -0.15) is 0 Å². The maximum atomic E-state index is 10.7. The standard InChI is InChI=1S/C7H12ClNO4/c1-12-6(10)3-4-9(8)5-7(11)13-2/h3-5H2,1-2H3. The Hall–Kier alpha value is -0.810. The number of ether oxygens (including phenoxy) is 2. The normalized spacial score (nSPS) is 9.85. The number of methoxy groups -OCH3 is 2. The third-order valence-electron chi connectivity index (χ3n) is 1.31. The van der Waals surface area contributed by atoms with Gasteiger partial charge in [0.05, 0.1) is 20.6 Å². The summed E-state index contributed by atoms with van der Waals surface area (Å²) < 4.78 is 9.93. The average Bonchev–Trinajstić information content (AvgIpc) is 2.13. The number of hydrogen-bond acceptors (Lipinski definition) is 5. The zero-order valence-electron chi connectivity index (χ0n) is 7.58. The van der Waals surface area contributed by atoms with Gasteiger partial charge in [-0.1, -0.05) is 0 Å². The molecular formula is C7H12ClNO4. The molecule has 0 heterocycles. The van der Waals surface area contributed by atoms with Crippen LogP contribution in [0.1, 0.15) is 6.42 Å². The van der Waals surface area contributed by atoms with E-state index in [9.17, 15) is 9.59 Å². The maximum absolute atomic E-state index is 10.7. The third kappa shape index (κ3) is 6.36. The topological polar surface area (TPSA) is 55.8 Å². The van der Waals surface area contributed by atoms with E-state index in [1.54, 1.807) is 0 Å². The molecule has 0 aromatic carbocycles. The van der Waals surface area contributed by atoms with Gasteiger partial charge >= 0.3 is 11.9 Å². The Morgan fingerprint density at radius 3 is 2.23 bits per heavy atom. The number of carbonyl (C=O) groups excluding carboxylic acids is 2. The van der Waals surface area contributed by atoms with Gasteiger partial charge in [0.2, 0.25) is 0 Å². The molecule has 0 N–H and O–H groups in total. The Balaban J connectivity index is 3.56. The van der Waals surface area contributed by atoms with E-state index in [2.05, 4.69) is 9.47 Å². The minimum Gasteiger partial charge on any atom is -0.469 e. The van der Waals surface area contributed by atoms with Crippen molar-refractivity contribution in [2.24, 2.45) is 0 Å². The van der Waals surface area contributed by atoms with Crippen molar-refractivity contribution < 1.29 is 19.1 Å². The molecule has 0 aliphatic rings. The molecule has 13 heavy (non-hydrogen) atoms. The lowest BCUT2D eigenvalue weighted by molar-refractivity contribution is -0.143.